The predicted octanol–water partition coefficient (Wildman–Crippen LogP) is 4.87. The molecule has 0 aliphatic carbocycles. The van der Waals surface area contributed by atoms with E-state index in [0.29, 0.717) is 5.56 Å². The van der Waals surface area contributed by atoms with Gasteiger partial charge in [-0.2, -0.15) is 18.2 Å². The molecule has 0 atom stereocenters. The van der Waals surface area contributed by atoms with Gasteiger partial charge >= 0.3 is 18.2 Å². The van der Waals surface area contributed by atoms with Crippen molar-refractivity contribution in [2.24, 2.45) is 0 Å². The van der Waals surface area contributed by atoms with E-state index in [1.54, 1.807) is 12.4 Å². The van der Waals surface area contributed by atoms with E-state index >= 15 is 0 Å². The first-order valence-electron chi connectivity index (χ1n) is 9.23. The molecule has 0 saturated carbocycles. The summed E-state index contributed by atoms with van der Waals surface area (Å²) < 4.78 is 61.3. The first kappa shape index (κ1) is 21.2. The molecule has 0 aliphatic heterocycles. The number of halogens is 4. The Balaban J connectivity index is 1.36. The van der Waals surface area contributed by atoms with Crippen molar-refractivity contribution in [2.75, 3.05) is 0 Å². The molecule has 164 valence electrons. The number of nitrogens with zero attached hydrogens (tertiary/aromatic N) is 3. The van der Waals surface area contributed by atoms with Crippen LogP contribution < -0.4 is 5.32 Å². The second kappa shape index (κ2) is 8.61. The molecule has 0 saturated heterocycles. The maximum absolute atomic E-state index is 14.3. The highest BCUT2D eigenvalue weighted by Crippen LogP contribution is 2.29. The summed E-state index contributed by atoms with van der Waals surface area (Å²) in [4.78, 5) is 19.3. The average molecular weight is 446 g/mol. The third-order valence-electron chi connectivity index (χ3n) is 4.51. The molecular weight excluding hydrogens is 432 g/mol. The molecule has 0 spiro atoms. The molecule has 0 radical (unpaired) electrons. The number of ether oxygens (including phenoxy) is 1. The number of aromatic nitrogens is 3. The zero-order valence-electron chi connectivity index (χ0n) is 16.2. The predicted molar refractivity (Wildman–Crippen MR) is 103 cm³/mol. The van der Waals surface area contributed by atoms with Crippen molar-refractivity contribution < 1.29 is 31.6 Å². The van der Waals surface area contributed by atoms with Gasteiger partial charge < -0.3 is 14.6 Å². The van der Waals surface area contributed by atoms with Crippen LogP contribution in [0.4, 0.5) is 22.4 Å². The lowest BCUT2D eigenvalue weighted by molar-refractivity contribution is -0.159. The molecule has 0 bridgehead atoms. The Hall–Kier alpha value is -4.02. The van der Waals surface area contributed by atoms with Gasteiger partial charge in [0.05, 0.1) is 0 Å². The van der Waals surface area contributed by atoms with Crippen LogP contribution in [0.3, 0.4) is 0 Å². The van der Waals surface area contributed by atoms with Crippen LogP contribution in [-0.4, -0.2) is 21.2 Å². The fourth-order valence-corrected chi connectivity index (χ4v) is 2.94. The Morgan fingerprint density at radius 2 is 1.91 bits per heavy atom. The standard InChI is InChI=1S/C21H14F4N4O3/c22-17-7-12(18-28-19(32-29-18)21(23,24)25)5-6-14(17)10-27-20(30)31-11-15-9-26-8-13-3-1-2-4-16(13)15/h1-9H,10-11H2,(H,27,30). The van der Waals surface area contributed by atoms with Gasteiger partial charge in [-0.15, -0.1) is 0 Å². The van der Waals surface area contributed by atoms with E-state index in [9.17, 15) is 22.4 Å². The third kappa shape index (κ3) is 4.66. The van der Waals surface area contributed by atoms with Crippen LogP contribution in [-0.2, 0) is 24.1 Å². The van der Waals surface area contributed by atoms with Crippen LogP contribution in [0.15, 0.2) is 59.4 Å². The highest BCUT2D eigenvalue weighted by atomic mass is 19.4. The summed E-state index contributed by atoms with van der Waals surface area (Å²) in [6, 6.07) is 11.1. The van der Waals surface area contributed by atoms with E-state index in [2.05, 4.69) is 25.0 Å². The summed E-state index contributed by atoms with van der Waals surface area (Å²) in [5.74, 6) is -2.69. The first-order chi connectivity index (χ1) is 15.3. The van der Waals surface area contributed by atoms with Crippen LogP contribution in [0, 0.1) is 5.82 Å². The minimum Gasteiger partial charge on any atom is -0.445 e. The molecular formula is C21H14F4N4O3. The number of benzene rings is 2. The summed E-state index contributed by atoms with van der Waals surface area (Å²) in [6.07, 6.45) is -2.27. The van der Waals surface area contributed by atoms with Crippen molar-refractivity contribution in [3.05, 3.63) is 77.7 Å². The lowest BCUT2D eigenvalue weighted by atomic mass is 10.1. The maximum atomic E-state index is 14.3. The van der Waals surface area contributed by atoms with E-state index in [1.807, 2.05) is 24.3 Å². The minimum atomic E-state index is -4.80. The fraction of sp³-hybridized carbons (Fsp3) is 0.143. The second-order valence-corrected chi connectivity index (χ2v) is 6.68. The molecule has 11 heteroatoms. The Morgan fingerprint density at radius 3 is 2.66 bits per heavy atom. The Bertz CT molecular complexity index is 1270. The van der Waals surface area contributed by atoms with Crippen molar-refractivity contribution in [3.8, 4) is 11.4 Å². The molecule has 7 nitrogen and oxygen atoms in total. The number of nitrogens with one attached hydrogen (secondary N) is 1. The minimum absolute atomic E-state index is 0.00321. The molecule has 2 aromatic carbocycles. The number of carbonyl (C=O) groups is 1. The molecule has 1 N–H and O–H groups in total. The van der Waals surface area contributed by atoms with Crippen molar-refractivity contribution in [3.63, 3.8) is 0 Å². The Labute approximate surface area is 178 Å². The van der Waals surface area contributed by atoms with Gasteiger partial charge in [0, 0.05) is 41.0 Å². The lowest BCUT2D eigenvalue weighted by Gasteiger charge is -2.09. The zero-order chi connectivity index (χ0) is 22.7. The highest BCUT2D eigenvalue weighted by Gasteiger charge is 2.38. The largest absolute Gasteiger partial charge is 0.471 e. The first-order valence-corrected chi connectivity index (χ1v) is 9.23. The van der Waals surface area contributed by atoms with Gasteiger partial charge in [0.25, 0.3) is 0 Å². The smallest absolute Gasteiger partial charge is 0.445 e. The van der Waals surface area contributed by atoms with Gasteiger partial charge in [0.15, 0.2) is 0 Å². The van der Waals surface area contributed by atoms with Gasteiger partial charge in [-0.05, 0) is 11.5 Å². The summed E-state index contributed by atoms with van der Waals surface area (Å²) >= 11 is 0. The number of carbonyl (C=O) groups excluding carboxylic acids is 1. The van der Waals surface area contributed by atoms with Crippen LogP contribution in [0.5, 0.6) is 0 Å². The van der Waals surface area contributed by atoms with Crippen LogP contribution in [0.1, 0.15) is 17.0 Å². The highest BCUT2D eigenvalue weighted by molar-refractivity contribution is 5.84. The summed E-state index contributed by atoms with van der Waals surface area (Å²) in [5.41, 5.74) is 0.806. The fourth-order valence-electron chi connectivity index (χ4n) is 2.94. The van der Waals surface area contributed by atoms with Gasteiger partial charge in [0.1, 0.15) is 12.4 Å². The van der Waals surface area contributed by atoms with Crippen LogP contribution in [0.2, 0.25) is 0 Å². The number of amides is 1. The van der Waals surface area contributed by atoms with Gasteiger partial charge in [-0.1, -0.05) is 41.6 Å². The lowest BCUT2D eigenvalue weighted by Crippen LogP contribution is -2.24. The van der Waals surface area contributed by atoms with Crippen LogP contribution >= 0.6 is 0 Å². The van der Waals surface area contributed by atoms with Crippen molar-refractivity contribution >= 4 is 16.9 Å². The molecule has 1 amide bonds. The van der Waals surface area contributed by atoms with E-state index in [1.165, 1.54) is 12.1 Å². The SMILES string of the molecule is O=C(NCc1ccc(-c2noc(C(F)(F)F)n2)cc1F)OCc1cncc2ccccc12. The number of alkyl halides is 3. The summed E-state index contributed by atoms with van der Waals surface area (Å²) in [6.45, 7) is -0.222. The molecule has 0 fully saturated rings. The number of alkyl carbamates (subject to hydrolysis) is 1. The van der Waals surface area contributed by atoms with Gasteiger partial charge in [0.2, 0.25) is 5.82 Å². The molecule has 2 heterocycles. The number of hydrogen-bond acceptors (Lipinski definition) is 6. The number of pyridine rings is 1. The van der Waals surface area contributed by atoms with Crippen molar-refractivity contribution in [1.82, 2.24) is 20.4 Å². The normalized spacial score (nSPS) is 11.5. The quantitative estimate of drug-likeness (QED) is 0.440. The average Bonchev–Trinajstić information content (AvgIpc) is 3.28. The Kier molecular flexibility index (Phi) is 5.71. The van der Waals surface area contributed by atoms with Gasteiger partial charge in [-0.25, -0.2) is 9.18 Å². The van der Waals surface area contributed by atoms with Gasteiger partial charge in [-0.3, -0.25) is 4.98 Å². The van der Waals surface area contributed by atoms with E-state index in [0.717, 1.165) is 16.8 Å². The van der Waals surface area contributed by atoms with E-state index < -0.39 is 29.8 Å². The molecule has 4 rings (SSSR count). The number of rotatable bonds is 5. The topological polar surface area (TPSA) is 90.1 Å². The number of hydrogen-bond donors (Lipinski definition) is 1. The maximum Gasteiger partial charge on any atom is 0.471 e. The molecule has 0 aliphatic rings. The number of fused-ring (bicyclic) bond motifs is 1. The second-order valence-electron chi connectivity index (χ2n) is 6.68. The van der Waals surface area contributed by atoms with E-state index in [4.69, 9.17) is 4.74 Å². The van der Waals surface area contributed by atoms with E-state index in [-0.39, 0.29) is 24.3 Å². The Morgan fingerprint density at radius 1 is 1.09 bits per heavy atom. The summed E-state index contributed by atoms with van der Waals surface area (Å²) in [7, 11) is 0. The van der Waals surface area contributed by atoms with Crippen molar-refractivity contribution in [2.45, 2.75) is 19.3 Å². The zero-order valence-corrected chi connectivity index (χ0v) is 16.2. The molecule has 2 aromatic heterocycles. The summed E-state index contributed by atoms with van der Waals surface area (Å²) in [5, 5.41) is 7.42. The molecule has 4 aromatic rings. The monoisotopic (exact) mass is 446 g/mol. The molecule has 32 heavy (non-hydrogen) atoms. The van der Waals surface area contributed by atoms with Crippen molar-refractivity contribution in [1.29, 1.82) is 0 Å². The van der Waals surface area contributed by atoms with Crippen LogP contribution in [0.25, 0.3) is 22.2 Å². The third-order valence-corrected chi connectivity index (χ3v) is 4.51. The molecule has 0 unspecified atom stereocenters.